The number of nitrogens with zero attached hydrogens (tertiary/aromatic N) is 4. The Labute approximate surface area is 132 Å². The van der Waals surface area contributed by atoms with Gasteiger partial charge in [0.25, 0.3) is 0 Å². The van der Waals surface area contributed by atoms with E-state index < -0.39 is 5.54 Å². The summed E-state index contributed by atoms with van der Waals surface area (Å²) in [5, 5.41) is 4.01. The predicted molar refractivity (Wildman–Crippen MR) is 85.0 cm³/mol. The Morgan fingerprint density at radius 3 is 2.57 bits per heavy atom. The minimum atomic E-state index is -0.454. The summed E-state index contributed by atoms with van der Waals surface area (Å²) in [5.41, 5.74) is 7.47. The van der Waals surface area contributed by atoms with Gasteiger partial charge in [-0.15, -0.1) is 0 Å². The molecule has 3 aromatic rings. The van der Waals surface area contributed by atoms with Crippen molar-refractivity contribution in [3.63, 3.8) is 0 Å². The number of aromatic nitrogens is 4. The summed E-state index contributed by atoms with van der Waals surface area (Å²) in [7, 11) is 0. The summed E-state index contributed by atoms with van der Waals surface area (Å²) >= 11 is 0. The van der Waals surface area contributed by atoms with Crippen molar-refractivity contribution in [3.05, 3.63) is 46.5 Å². The third-order valence-electron chi connectivity index (χ3n) is 4.69. The lowest BCUT2D eigenvalue weighted by Gasteiger charge is -2.34. The number of aryl methyl sites for hydroxylation is 1. The van der Waals surface area contributed by atoms with E-state index in [1.165, 1.54) is 0 Å². The van der Waals surface area contributed by atoms with Crippen LogP contribution in [0.3, 0.4) is 0 Å². The molecule has 1 aromatic carbocycles. The van der Waals surface area contributed by atoms with Crippen molar-refractivity contribution in [2.45, 2.75) is 44.8 Å². The lowest BCUT2D eigenvalue weighted by Crippen LogP contribution is -2.44. The molecule has 120 valence electrons. The Bertz CT molecular complexity index is 916. The summed E-state index contributed by atoms with van der Waals surface area (Å²) in [5.74, 6) is 0.962. The third kappa shape index (κ3) is 2.11. The van der Waals surface area contributed by atoms with E-state index in [4.69, 9.17) is 10.3 Å². The van der Waals surface area contributed by atoms with E-state index in [0.29, 0.717) is 18.3 Å². The maximum atomic E-state index is 12.6. The molecule has 2 N–H and O–H groups in total. The highest BCUT2D eigenvalue weighted by atomic mass is 16.5. The number of rotatable bonds is 4. The molecule has 0 radical (unpaired) electrons. The van der Waals surface area contributed by atoms with Crippen LogP contribution in [-0.4, -0.2) is 19.3 Å². The quantitative estimate of drug-likeness (QED) is 0.789. The summed E-state index contributed by atoms with van der Waals surface area (Å²) in [4.78, 5) is 17.0. The number of fused-ring (bicyclic) bond motifs is 1. The summed E-state index contributed by atoms with van der Waals surface area (Å²) in [6.45, 7) is 2.83. The zero-order chi connectivity index (χ0) is 16.0. The molecule has 1 aliphatic rings. The highest BCUT2D eigenvalue weighted by Gasteiger charge is 2.39. The van der Waals surface area contributed by atoms with Crippen LogP contribution in [-0.2, 0) is 18.6 Å². The van der Waals surface area contributed by atoms with Gasteiger partial charge in [0.15, 0.2) is 5.82 Å². The Morgan fingerprint density at radius 1 is 1.26 bits per heavy atom. The first-order valence-corrected chi connectivity index (χ1v) is 7.92. The molecule has 0 atom stereocenters. The molecule has 0 amide bonds. The Hall–Kier alpha value is -2.41. The third-order valence-corrected chi connectivity index (χ3v) is 4.69. The van der Waals surface area contributed by atoms with Crippen LogP contribution in [0.25, 0.3) is 11.0 Å². The second-order valence-electron chi connectivity index (χ2n) is 6.12. The summed E-state index contributed by atoms with van der Waals surface area (Å²) in [6.07, 6.45) is 2.84. The number of benzene rings is 1. The van der Waals surface area contributed by atoms with E-state index in [1.807, 2.05) is 31.2 Å². The molecule has 23 heavy (non-hydrogen) atoms. The SMILES string of the molecule is CCn1c(=O)n(Cc2nc(C3(N)CCC3)no2)c2ccccc21. The van der Waals surface area contributed by atoms with Gasteiger partial charge in [0.2, 0.25) is 5.89 Å². The van der Waals surface area contributed by atoms with Crippen LogP contribution in [0.2, 0.25) is 0 Å². The van der Waals surface area contributed by atoms with Gasteiger partial charge in [0.1, 0.15) is 6.54 Å². The van der Waals surface area contributed by atoms with Crippen LogP contribution < -0.4 is 11.4 Å². The molecule has 1 fully saturated rings. The van der Waals surface area contributed by atoms with Gasteiger partial charge in [0.05, 0.1) is 16.6 Å². The smallest absolute Gasteiger partial charge is 0.329 e. The standard InChI is InChI=1S/C16H19N5O2/c1-2-20-11-6-3-4-7-12(11)21(15(20)22)10-13-18-14(19-23-13)16(17)8-5-9-16/h3-4,6-7H,2,5,8-10,17H2,1H3. The molecule has 4 rings (SSSR count). The number of nitrogens with two attached hydrogens (primary N) is 1. The van der Waals surface area contributed by atoms with Crippen molar-refractivity contribution in [1.82, 2.24) is 19.3 Å². The molecule has 2 heterocycles. The minimum absolute atomic E-state index is 0.0699. The second kappa shape index (κ2) is 5.06. The van der Waals surface area contributed by atoms with Crippen LogP contribution in [0.5, 0.6) is 0 Å². The van der Waals surface area contributed by atoms with Gasteiger partial charge in [-0.2, -0.15) is 4.98 Å². The molecular formula is C16H19N5O2. The average Bonchev–Trinajstić information content (AvgIpc) is 3.10. The molecule has 0 saturated heterocycles. The first-order valence-electron chi connectivity index (χ1n) is 7.92. The molecule has 0 spiro atoms. The Morgan fingerprint density at radius 2 is 1.96 bits per heavy atom. The first kappa shape index (κ1) is 14.2. The zero-order valence-corrected chi connectivity index (χ0v) is 13.0. The van der Waals surface area contributed by atoms with E-state index in [0.717, 1.165) is 30.3 Å². The average molecular weight is 313 g/mol. The van der Waals surface area contributed by atoms with Crippen LogP contribution >= 0.6 is 0 Å². The fourth-order valence-electron chi connectivity index (χ4n) is 3.17. The van der Waals surface area contributed by atoms with Gasteiger partial charge in [-0.1, -0.05) is 17.3 Å². The van der Waals surface area contributed by atoms with Crippen molar-refractivity contribution in [2.24, 2.45) is 5.73 Å². The summed E-state index contributed by atoms with van der Waals surface area (Å²) in [6, 6.07) is 7.72. The highest BCUT2D eigenvalue weighted by Crippen LogP contribution is 2.36. The fraction of sp³-hybridized carbons (Fsp3) is 0.438. The van der Waals surface area contributed by atoms with E-state index in [9.17, 15) is 4.79 Å². The molecule has 7 nitrogen and oxygen atoms in total. The van der Waals surface area contributed by atoms with Gasteiger partial charge < -0.3 is 10.3 Å². The zero-order valence-electron chi connectivity index (χ0n) is 13.0. The predicted octanol–water partition coefficient (Wildman–Crippen LogP) is 1.59. The topological polar surface area (TPSA) is 91.9 Å². The van der Waals surface area contributed by atoms with Crippen molar-refractivity contribution in [3.8, 4) is 0 Å². The highest BCUT2D eigenvalue weighted by molar-refractivity contribution is 5.76. The van der Waals surface area contributed by atoms with Gasteiger partial charge in [0, 0.05) is 6.54 Å². The molecule has 2 aromatic heterocycles. The van der Waals surface area contributed by atoms with E-state index in [-0.39, 0.29) is 12.2 Å². The van der Waals surface area contributed by atoms with Gasteiger partial charge in [-0.05, 0) is 38.3 Å². The van der Waals surface area contributed by atoms with Gasteiger partial charge >= 0.3 is 5.69 Å². The number of hydrogen-bond donors (Lipinski definition) is 1. The van der Waals surface area contributed by atoms with E-state index in [2.05, 4.69) is 10.1 Å². The van der Waals surface area contributed by atoms with E-state index >= 15 is 0 Å². The number of para-hydroxylation sites is 2. The van der Waals surface area contributed by atoms with Crippen molar-refractivity contribution in [1.29, 1.82) is 0 Å². The monoisotopic (exact) mass is 313 g/mol. The normalized spacial score (nSPS) is 16.6. The molecule has 1 saturated carbocycles. The van der Waals surface area contributed by atoms with Crippen LogP contribution in [0.4, 0.5) is 0 Å². The van der Waals surface area contributed by atoms with Crippen molar-refractivity contribution in [2.75, 3.05) is 0 Å². The lowest BCUT2D eigenvalue weighted by molar-refractivity contribution is 0.229. The molecule has 1 aliphatic carbocycles. The maximum absolute atomic E-state index is 12.6. The van der Waals surface area contributed by atoms with E-state index in [1.54, 1.807) is 9.13 Å². The maximum Gasteiger partial charge on any atom is 0.329 e. The van der Waals surface area contributed by atoms with Crippen LogP contribution in [0.15, 0.2) is 33.6 Å². The van der Waals surface area contributed by atoms with Crippen molar-refractivity contribution < 1.29 is 4.52 Å². The van der Waals surface area contributed by atoms with Crippen LogP contribution in [0.1, 0.15) is 37.9 Å². The first-order chi connectivity index (χ1) is 11.1. The fourth-order valence-corrected chi connectivity index (χ4v) is 3.17. The largest absolute Gasteiger partial charge is 0.337 e. The minimum Gasteiger partial charge on any atom is -0.337 e. The van der Waals surface area contributed by atoms with Crippen molar-refractivity contribution >= 4 is 11.0 Å². The Kier molecular flexibility index (Phi) is 3.12. The number of hydrogen-bond acceptors (Lipinski definition) is 5. The Balaban J connectivity index is 1.73. The summed E-state index contributed by atoms with van der Waals surface area (Å²) < 4.78 is 8.73. The molecular weight excluding hydrogens is 294 g/mol. The molecule has 0 aliphatic heterocycles. The number of imidazole rings is 1. The lowest BCUT2D eigenvalue weighted by atomic mass is 9.77. The van der Waals surface area contributed by atoms with Crippen LogP contribution in [0, 0.1) is 0 Å². The van der Waals surface area contributed by atoms with Gasteiger partial charge in [-0.3, -0.25) is 9.13 Å². The second-order valence-corrected chi connectivity index (χ2v) is 6.12. The molecule has 0 unspecified atom stereocenters. The van der Waals surface area contributed by atoms with Gasteiger partial charge in [-0.25, -0.2) is 4.79 Å². The molecule has 7 heteroatoms. The molecule has 0 bridgehead atoms.